The first-order valence-corrected chi connectivity index (χ1v) is 7.54. The topological polar surface area (TPSA) is 9.23 Å². The average Bonchev–Trinajstić information content (AvgIpc) is 2.38. The van der Waals surface area contributed by atoms with Crippen LogP contribution in [0.3, 0.4) is 0 Å². The Kier molecular flexibility index (Phi) is 4.31. The summed E-state index contributed by atoms with van der Waals surface area (Å²) < 4.78 is 5.87. The fraction of sp³-hybridized carbons (Fsp3) is 0.294. The normalized spacial score (nSPS) is 11.4. The molecule has 100 valence electrons. The van der Waals surface area contributed by atoms with E-state index < -0.39 is 0 Å². The molecule has 2 aromatic rings. The van der Waals surface area contributed by atoms with Crippen LogP contribution in [0.25, 0.3) is 0 Å². The van der Waals surface area contributed by atoms with E-state index in [4.69, 9.17) is 4.74 Å². The molecule has 0 aromatic heterocycles. The average molecular weight is 319 g/mol. The van der Waals surface area contributed by atoms with E-state index >= 15 is 0 Å². The molecular formula is C17H19BrO. The van der Waals surface area contributed by atoms with Gasteiger partial charge in [0.25, 0.3) is 0 Å². The summed E-state index contributed by atoms with van der Waals surface area (Å²) in [6.45, 7) is 6.63. The molecule has 0 spiro atoms. The van der Waals surface area contributed by atoms with Crippen molar-refractivity contribution in [2.75, 3.05) is 0 Å². The third-order valence-corrected chi connectivity index (χ3v) is 3.66. The maximum Gasteiger partial charge on any atom is 0.127 e. The zero-order chi connectivity index (χ0) is 13.9. The van der Waals surface area contributed by atoms with Crippen LogP contribution in [0, 0.1) is 0 Å². The molecule has 2 rings (SSSR count). The lowest BCUT2D eigenvalue weighted by Gasteiger charge is -2.19. The molecule has 0 fully saturated rings. The third kappa shape index (κ3) is 3.84. The molecule has 0 radical (unpaired) electrons. The van der Waals surface area contributed by atoms with Gasteiger partial charge in [-0.25, -0.2) is 0 Å². The minimum Gasteiger partial charge on any atom is -0.457 e. The van der Waals surface area contributed by atoms with E-state index in [1.165, 1.54) is 11.1 Å². The second-order valence-corrected chi connectivity index (χ2v) is 6.22. The zero-order valence-electron chi connectivity index (χ0n) is 11.6. The molecule has 0 amide bonds. The maximum absolute atomic E-state index is 5.87. The first kappa shape index (κ1) is 14.1. The lowest BCUT2D eigenvalue weighted by atomic mass is 9.87. The molecule has 0 aliphatic heterocycles. The SMILES string of the molecule is CC(C)(C)c1ccc(Oc2cccc(CBr)c2)cc1. The summed E-state index contributed by atoms with van der Waals surface area (Å²) in [5.41, 5.74) is 2.70. The summed E-state index contributed by atoms with van der Waals surface area (Å²) >= 11 is 3.45. The molecule has 0 N–H and O–H groups in total. The van der Waals surface area contributed by atoms with E-state index in [1.54, 1.807) is 0 Å². The lowest BCUT2D eigenvalue weighted by molar-refractivity contribution is 0.481. The minimum atomic E-state index is 0.175. The molecule has 0 bridgehead atoms. The highest BCUT2D eigenvalue weighted by molar-refractivity contribution is 9.08. The highest BCUT2D eigenvalue weighted by Crippen LogP contribution is 2.27. The number of alkyl halides is 1. The van der Waals surface area contributed by atoms with E-state index in [0.717, 1.165) is 16.8 Å². The Morgan fingerprint density at radius 1 is 0.947 bits per heavy atom. The Morgan fingerprint density at radius 3 is 2.21 bits per heavy atom. The Morgan fingerprint density at radius 2 is 1.63 bits per heavy atom. The van der Waals surface area contributed by atoms with Gasteiger partial charge in [-0.15, -0.1) is 0 Å². The minimum absolute atomic E-state index is 0.175. The number of rotatable bonds is 3. The molecule has 19 heavy (non-hydrogen) atoms. The molecule has 0 aliphatic rings. The largest absolute Gasteiger partial charge is 0.457 e. The summed E-state index contributed by atoms with van der Waals surface area (Å²) in [6.07, 6.45) is 0. The van der Waals surface area contributed by atoms with Crippen LogP contribution < -0.4 is 4.74 Å². The number of benzene rings is 2. The van der Waals surface area contributed by atoms with E-state index in [-0.39, 0.29) is 5.41 Å². The van der Waals surface area contributed by atoms with Crippen LogP contribution in [-0.4, -0.2) is 0 Å². The van der Waals surface area contributed by atoms with Crippen molar-refractivity contribution in [3.8, 4) is 11.5 Å². The molecule has 2 aromatic carbocycles. The van der Waals surface area contributed by atoms with Crippen LogP contribution in [-0.2, 0) is 10.7 Å². The molecule has 0 heterocycles. The smallest absolute Gasteiger partial charge is 0.127 e. The van der Waals surface area contributed by atoms with E-state index in [2.05, 4.69) is 54.9 Å². The van der Waals surface area contributed by atoms with Crippen LogP contribution >= 0.6 is 15.9 Å². The van der Waals surface area contributed by atoms with Crippen molar-refractivity contribution in [1.29, 1.82) is 0 Å². The molecule has 0 saturated carbocycles. The van der Waals surface area contributed by atoms with Gasteiger partial charge in [-0.3, -0.25) is 0 Å². The molecular weight excluding hydrogens is 300 g/mol. The fourth-order valence-corrected chi connectivity index (χ4v) is 2.20. The van der Waals surface area contributed by atoms with Crippen molar-refractivity contribution >= 4 is 15.9 Å². The predicted octanol–water partition coefficient (Wildman–Crippen LogP) is 5.67. The van der Waals surface area contributed by atoms with Crippen LogP contribution in [0.15, 0.2) is 48.5 Å². The maximum atomic E-state index is 5.87. The summed E-state index contributed by atoms with van der Waals surface area (Å²) in [5, 5.41) is 0.840. The Hall–Kier alpha value is -1.28. The monoisotopic (exact) mass is 318 g/mol. The predicted molar refractivity (Wildman–Crippen MR) is 84.3 cm³/mol. The molecule has 0 atom stereocenters. The number of ether oxygens (including phenoxy) is 1. The molecule has 0 saturated heterocycles. The Labute approximate surface area is 123 Å². The summed E-state index contributed by atoms with van der Waals surface area (Å²) in [5.74, 6) is 1.75. The Bertz CT molecular complexity index is 538. The molecule has 0 unspecified atom stereocenters. The van der Waals surface area contributed by atoms with Crippen LogP contribution in [0.4, 0.5) is 0 Å². The summed E-state index contributed by atoms with van der Waals surface area (Å²) in [7, 11) is 0. The van der Waals surface area contributed by atoms with E-state index in [9.17, 15) is 0 Å². The first-order valence-electron chi connectivity index (χ1n) is 6.42. The van der Waals surface area contributed by atoms with Crippen LogP contribution in [0.2, 0.25) is 0 Å². The van der Waals surface area contributed by atoms with Gasteiger partial charge < -0.3 is 4.74 Å². The zero-order valence-corrected chi connectivity index (χ0v) is 13.2. The van der Waals surface area contributed by atoms with Crippen LogP contribution in [0.5, 0.6) is 11.5 Å². The molecule has 2 heteroatoms. The second-order valence-electron chi connectivity index (χ2n) is 5.66. The lowest BCUT2D eigenvalue weighted by Crippen LogP contribution is -2.10. The van der Waals surface area contributed by atoms with Crippen LogP contribution in [0.1, 0.15) is 31.9 Å². The van der Waals surface area contributed by atoms with Crippen molar-refractivity contribution in [2.24, 2.45) is 0 Å². The number of hydrogen-bond donors (Lipinski definition) is 0. The first-order chi connectivity index (χ1) is 8.99. The standard InChI is InChI=1S/C17H19BrO/c1-17(2,3)14-7-9-15(10-8-14)19-16-6-4-5-13(11-16)12-18/h4-11H,12H2,1-3H3. The fourth-order valence-electron chi connectivity index (χ4n) is 1.85. The van der Waals surface area contributed by atoms with Crippen molar-refractivity contribution in [3.63, 3.8) is 0 Å². The van der Waals surface area contributed by atoms with Crippen molar-refractivity contribution in [1.82, 2.24) is 0 Å². The third-order valence-electron chi connectivity index (χ3n) is 3.01. The van der Waals surface area contributed by atoms with E-state index in [1.807, 2.05) is 30.3 Å². The van der Waals surface area contributed by atoms with Gasteiger partial charge in [0, 0.05) is 5.33 Å². The molecule has 0 aliphatic carbocycles. The van der Waals surface area contributed by atoms with Gasteiger partial charge in [0.05, 0.1) is 0 Å². The second kappa shape index (κ2) is 5.79. The van der Waals surface area contributed by atoms with Gasteiger partial charge in [-0.2, -0.15) is 0 Å². The highest BCUT2D eigenvalue weighted by Gasteiger charge is 2.13. The van der Waals surface area contributed by atoms with Gasteiger partial charge in [-0.05, 0) is 40.8 Å². The van der Waals surface area contributed by atoms with Gasteiger partial charge in [0.1, 0.15) is 11.5 Å². The summed E-state index contributed by atoms with van der Waals surface area (Å²) in [4.78, 5) is 0. The van der Waals surface area contributed by atoms with Crippen molar-refractivity contribution in [3.05, 3.63) is 59.7 Å². The highest BCUT2D eigenvalue weighted by atomic mass is 79.9. The van der Waals surface area contributed by atoms with Gasteiger partial charge >= 0.3 is 0 Å². The van der Waals surface area contributed by atoms with Gasteiger partial charge in [0.2, 0.25) is 0 Å². The number of halogens is 1. The van der Waals surface area contributed by atoms with Gasteiger partial charge in [-0.1, -0.05) is 61.0 Å². The van der Waals surface area contributed by atoms with E-state index in [0.29, 0.717) is 0 Å². The summed E-state index contributed by atoms with van der Waals surface area (Å²) in [6, 6.07) is 16.4. The Balaban J connectivity index is 2.15. The van der Waals surface area contributed by atoms with Crippen molar-refractivity contribution in [2.45, 2.75) is 31.5 Å². The molecule has 1 nitrogen and oxygen atoms in total. The van der Waals surface area contributed by atoms with Crippen molar-refractivity contribution < 1.29 is 4.74 Å². The quantitative estimate of drug-likeness (QED) is 0.662. The van der Waals surface area contributed by atoms with Gasteiger partial charge in [0.15, 0.2) is 0 Å². The number of hydrogen-bond acceptors (Lipinski definition) is 1.